The van der Waals surface area contributed by atoms with E-state index in [2.05, 4.69) is 18.3 Å². The van der Waals surface area contributed by atoms with Crippen LogP contribution >= 0.6 is 11.8 Å². The maximum atomic E-state index is 9.70. The zero-order valence-corrected chi connectivity index (χ0v) is 13.3. The third kappa shape index (κ3) is 5.68. The number of rotatable bonds is 10. The maximum Gasteiger partial charge on any atom is 0.133 e. The minimum Gasteiger partial charge on any atom is -0.394 e. The van der Waals surface area contributed by atoms with Crippen molar-refractivity contribution in [3.8, 4) is 6.07 Å². The number of hydrogen-bond donors (Lipinski definition) is 3. The number of thioether (sulfide) groups is 1. The Morgan fingerprint density at radius 3 is 2.67 bits per heavy atom. The molecule has 1 aromatic rings. The highest BCUT2D eigenvalue weighted by Crippen LogP contribution is 2.26. The molecule has 1 rings (SSSR count). The summed E-state index contributed by atoms with van der Waals surface area (Å²) >= 11 is 1.56. The second-order valence-corrected chi connectivity index (χ2v) is 6.12. The second kappa shape index (κ2) is 9.80. The Morgan fingerprint density at radius 2 is 2.10 bits per heavy atom. The number of nitrogens with one attached hydrogen (secondary N) is 1. The minimum atomic E-state index is -0.688. The number of nitrogens with zero attached hydrogens (tertiary/aromatic N) is 1. The van der Waals surface area contributed by atoms with Gasteiger partial charge in [-0.25, -0.2) is 0 Å². The first kappa shape index (κ1) is 18.0. The van der Waals surface area contributed by atoms with Crippen LogP contribution in [0.15, 0.2) is 30.3 Å². The molecule has 0 aliphatic heterocycles. The maximum absolute atomic E-state index is 9.70. The lowest BCUT2D eigenvalue weighted by molar-refractivity contribution is 0.113. The van der Waals surface area contributed by atoms with E-state index >= 15 is 0 Å². The van der Waals surface area contributed by atoms with Crippen LogP contribution in [0.25, 0.3) is 0 Å². The van der Waals surface area contributed by atoms with Gasteiger partial charge >= 0.3 is 0 Å². The molecule has 1 aromatic carbocycles. The van der Waals surface area contributed by atoms with E-state index < -0.39 is 11.6 Å². The third-order valence-corrected chi connectivity index (χ3v) is 4.39. The fourth-order valence-corrected chi connectivity index (χ4v) is 3.05. The molecule has 0 radical (unpaired) electrons. The number of aliphatic hydroxyl groups is 2. The molecule has 0 aliphatic carbocycles. The van der Waals surface area contributed by atoms with E-state index in [0.717, 1.165) is 24.3 Å². The first-order valence-corrected chi connectivity index (χ1v) is 8.42. The Labute approximate surface area is 131 Å². The van der Waals surface area contributed by atoms with Gasteiger partial charge in [0.2, 0.25) is 0 Å². The highest BCUT2D eigenvalue weighted by Gasteiger charge is 2.30. The molecule has 4 nitrogen and oxygen atoms in total. The van der Waals surface area contributed by atoms with E-state index in [9.17, 15) is 10.4 Å². The van der Waals surface area contributed by atoms with Crippen molar-refractivity contribution in [2.24, 2.45) is 0 Å². The number of benzene rings is 1. The second-order valence-electron chi connectivity index (χ2n) is 4.97. The molecule has 0 saturated heterocycles. The van der Waals surface area contributed by atoms with Crippen molar-refractivity contribution < 1.29 is 10.2 Å². The Hall–Kier alpha value is -1.06. The average Bonchev–Trinajstić information content (AvgIpc) is 2.55. The number of nitriles is 1. The van der Waals surface area contributed by atoms with Gasteiger partial charge in [0.1, 0.15) is 5.54 Å². The molecule has 0 amide bonds. The smallest absolute Gasteiger partial charge is 0.133 e. The van der Waals surface area contributed by atoms with Gasteiger partial charge < -0.3 is 10.2 Å². The zero-order valence-electron chi connectivity index (χ0n) is 12.5. The van der Waals surface area contributed by atoms with Crippen LogP contribution in [0, 0.1) is 11.3 Å². The minimum absolute atomic E-state index is 0.219. The summed E-state index contributed by atoms with van der Waals surface area (Å²) in [6, 6.07) is 12.2. The lowest BCUT2D eigenvalue weighted by atomic mass is 9.88. The van der Waals surface area contributed by atoms with Gasteiger partial charge in [0.15, 0.2) is 0 Å². The molecule has 3 N–H and O–H groups in total. The van der Waals surface area contributed by atoms with E-state index in [0.29, 0.717) is 12.2 Å². The molecule has 2 unspecified atom stereocenters. The van der Waals surface area contributed by atoms with Crippen molar-refractivity contribution in [2.75, 3.05) is 24.7 Å². The molecule has 0 fully saturated rings. The van der Waals surface area contributed by atoms with Gasteiger partial charge in [-0.15, -0.1) is 0 Å². The van der Waals surface area contributed by atoms with Gasteiger partial charge in [0.05, 0.1) is 18.8 Å². The highest BCUT2D eigenvalue weighted by molar-refractivity contribution is 7.99. The molecule has 116 valence electrons. The van der Waals surface area contributed by atoms with Gasteiger partial charge in [-0.1, -0.05) is 37.3 Å². The fraction of sp³-hybridized carbons (Fsp3) is 0.562. The van der Waals surface area contributed by atoms with Gasteiger partial charge in [0.25, 0.3) is 0 Å². The van der Waals surface area contributed by atoms with Crippen molar-refractivity contribution in [2.45, 2.75) is 31.4 Å². The topological polar surface area (TPSA) is 76.3 Å². The first-order chi connectivity index (χ1) is 10.2. The first-order valence-electron chi connectivity index (χ1n) is 7.27. The summed E-state index contributed by atoms with van der Waals surface area (Å²) in [4.78, 5) is 0. The summed E-state index contributed by atoms with van der Waals surface area (Å²) in [6.07, 6.45) is 0.940. The summed E-state index contributed by atoms with van der Waals surface area (Å²) in [5, 5.41) is 31.2. The monoisotopic (exact) mass is 308 g/mol. The molecule has 0 spiro atoms. The lowest BCUT2D eigenvalue weighted by Crippen LogP contribution is -2.42. The van der Waals surface area contributed by atoms with E-state index in [4.69, 9.17) is 5.11 Å². The molecular weight excluding hydrogens is 284 g/mol. The van der Waals surface area contributed by atoms with Crippen LogP contribution in [0.5, 0.6) is 0 Å². The summed E-state index contributed by atoms with van der Waals surface area (Å²) in [5.41, 5.74) is 0.290. The molecule has 0 saturated carbocycles. The predicted octanol–water partition coefficient (Wildman–Crippen LogP) is 1.88. The predicted molar refractivity (Wildman–Crippen MR) is 87.1 cm³/mol. The third-order valence-electron chi connectivity index (χ3n) is 3.28. The van der Waals surface area contributed by atoms with Crippen LogP contribution in [0.4, 0.5) is 0 Å². The van der Waals surface area contributed by atoms with E-state index in [1.54, 1.807) is 11.8 Å². The van der Waals surface area contributed by atoms with Crippen molar-refractivity contribution in [1.29, 1.82) is 5.26 Å². The Morgan fingerprint density at radius 1 is 1.38 bits per heavy atom. The van der Waals surface area contributed by atoms with Gasteiger partial charge in [-0.05, 0) is 30.7 Å². The Kier molecular flexibility index (Phi) is 8.40. The summed E-state index contributed by atoms with van der Waals surface area (Å²) in [7, 11) is 0. The molecule has 0 heterocycles. The van der Waals surface area contributed by atoms with E-state index in [1.165, 1.54) is 0 Å². The number of hydrogen-bond acceptors (Lipinski definition) is 5. The molecule has 0 aromatic heterocycles. The van der Waals surface area contributed by atoms with Gasteiger partial charge in [0, 0.05) is 5.75 Å². The summed E-state index contributed by atoms with van der Waals surface area (Å²) in [5.74, 6) is 1.23. The molecular formula is C16H24N2O2S. The fourth-order valence-electron chi connectivity index (χ4n) is 2.05. The van der Waals surface area contributed by atoms with Gasteiger partial charge in [-0.3, -0.25) is 5.32 Å². The normalized spacial score (nSPS) is 15.1. The van der Waals surface area contributed by atoms with Crippen LogP contribution in [0.2, 0.25) is 0 Å². The molecule has 21 heavy (non-hydrogen) atoms. The summed E-state index contributed by atoms with van der Waals surface area (Å²) < 4.78 is 0. The largest absolute Gasteiger partial charge is 0.394 e. The van der Waals surface area contributed by atoms with E-state index in [-0.39, 0.29) is 6.61 Å². The molecule has 0 aliphatic rings. The van der Waals surface area contributed by atoms with Gasteiger partial charge in [-0.2, -0.15) is 17.0 Å². The van der Waals surface area contributed by atoms with Crippen molar-refractivity contribution in [3.63, 3.8) is 0 Å². The zero-order chi connectivity index (χ0) is 15.6. The molecule has 0 bridgehead atoms. The van der Waals surface area contributed by atoms with Crippen LogP contribution in [0.3, 0.4) is 0 Å². The quantitative estimate of drug-likeness (QED) is 0.575. The van der Waals surface area contributed by atoms with Crippen molar-refractivity contribution >= 4 is 11.8 Å². The average molecular weight is 308 g/mol. The van der Waals surface area contributed by atoms with Crippen LogP contribution in [-0.2, 0) is 5.54 Å². The van der Waals surface area contributed by atoms with E-state index in [1.807, 2.05) is 30.3 Å². The van der Waals surface area contributed by atoms with Crippen molar-refractivity contribution in [3.05, 3.63) is 35.9 Å². The molecule has 5 heteroatoms. The molecule has 2 atom stereocenters. The summed E-state index contributed by atoms with van der Waals surface area (Å²) in [6.45, 7) is 2.64. The lowest BCUT2D eigenvalue weighted by Gasteiger charge is -2.28. The van der Waals surface area contributed by atoms with Crippen LogP contribution in [-0.4, -0.2) is 41.0 Å². The van der Waals surface area contributed by atoms with Crippen LogP contribution < -0.4 is 5.32 Å². The SMILES string of the molecule is CCCNC(C#N)(CCSCC(O)CO)c1ccccc1. The van der Waals surface area contributed by atoms with Crippen molar-refractivity contribution in [1.82, 2.24) is 5.32 Å². The Balaban J connectivity index is 2.71. The Bertz CT molecular complexity index is 436. The standard InChI is InChI=1S/C16H24N2O2S/c1-2-9-18-16(13-17,14-6-4-3-5-7-14)8-10-21-12-15(20)11-19/h3-7,15,18-20H,2,8-12H2,1H3. The van der Waals surface area contributed by atoms with Crippen LogP contribution in [0.1, 0.15) is 25.3 Å². The number of aliphatic hydroxyl groups excluding tert-OH is 2. The highest BCUT2D eigenvalue weighted by atomic mass is 32.2.